The summed E-state index contributed by atoms with van der Waals surface area (Å²) >= 11 is 4.07. The third-order valence-corrected chi connectivity index (χ3v) is 10.5. The molecule has 1 aliphatic rings. The van der Waals surface area contributed by atoms with Crippen molar-refractivity contribution in [2.45, 2.75) is 49.7 Å². The normalized spacial score (nSPS) is 15.4. The summed E-state index contributed by atoms with van der Waals surface area (Å²) in [5, 5.41) is 23.3. The van der Waals surface area contributed by atoms with Crippen molar-refractivity contribution in [3.05, 3.63) is 110 Å². The van der Waals surface area contributed by atoms with Gasteiger partial charge in [-0.15, -0.1) is 21.5 Å². The van der Waals surface area contributed by atoms with Crippen LogP contribution in [0.3, 0.4) is 0 Å². The molecule has 1 amide bonds. The summed E-state index contributed by atoms with van der Waals surface area (Å²) in [6.07, 6.45) is 0. The number of benzene rings is 3. The van der Waals surface area contributed by atoms with Gasteiger partial charge in [0.1, 0.15) is 0 Å². The number of carbonyl (C=O) groups excluding carboxylic acids is 2. The minimum Gasteiger partial charge on any atom is -0.503 e. The number of nitrogens with zero attached hydrogens (tertiary/aromatic N) is 4. The lowest BCUT2D eigenvalue weighted by Gasteiger charge is -2.24. The fourth-order valence-corrected chi connectivity index (χ4v) is 7.94. The molecule has 0 fully saturated rings. The van der Waals surface area contributed by atoms with Gasteiger partial charge in [-0.25, -0.2) is 4.98 Å². The molecule has 0 saturated heterocycles. The molecule has 1 N–H and O–H groups in total. The third kappa shape index (κ3) is 5.14. The standard InChI is InChI=1S/C32H28N4O3S3/c1-17(2)20-12-14-22(15-13-20)26-25(27(37)29-18(3)33-19(4)41-29)28(38)30(39)36(26)31-34-35-32(42-31)40-16-23-10-7-9-21-8-5-6-11-24(21)23/h5-15,17,26,38H,16H2,1-4H3. The molecule has 0 aliphatic carbocycles. The topological polar surface area (TPSA) is 96.3 Å². The largest absolute Gasteiger partial charge is 0.503 e. The molecular formula is C32H28N4O3S3. The van der Waals surface area contributed by atoms with Crippen molar-refractivity contribution in [1.29, 1.82) is 0 Å². The monoisotopic (exact) mass is 612 g/mol. The highest BCUT2D eigenvalue weighted by molar-refractivity contribution is 8.00. The maximum absolute atomic E-state index is 13.9. The molecule has 3 aromatic carbocycles. The molecule has 0 saturated carbocycles. The highest BCUT2D eigenvalue weighted by Crippen LogP contribution is 2.45. The van der Waals surface area contributed by atoms with Crippen LogP contribution in [-0.2, 0) is 10.5 Å². The van der Waals surface area contributed by atoms with Gasteiger partial charge in [-0.05, 0) is 47.2 Å². The number of thioether (sulfide) groups is 1. The quantitative estimate of drug-likeness (QED) is 0.108. The second-order valence-electron chi connectivity index (χ2n) is 10.4. The van der Waals surface area contributed by atoms with Crippen LogP contribution in [0.5, 0.6) is 0 Å². The smallest absolute Gasteiger partial charge is 0.296 e. The van der Waals surface area contributed by atoms with Gasteiger partial charge in [-0.2, -0.15) is 0 Å². The van der Waals surface area contributed by atoms with Crippen LogP contribution in [0.2, 0.25) is 0 Å². The van der Waals surface area contributed by atoms with Crippen LogP contribution >= 0.6 is 34.4 Å². The number of hydrogen-bond donors (Lipinski definition) is 1. The number of ketones is 1. The number of hydrogen-bond acceptors (Lipinski definition) is 9. The third-order valence-electron chi connectivity index (χ3n) is 7.31. The van der Waals surface area contributed by atoms with Crippen LogP contribution in [0.25, 0.3) is 10.8 Å². The van der Waals surface area contributed by atoms with E-state index in [4.69, 9.17) is 0 Å². The Hall–Kier alpha value is -3.86. The van der Waals surface area contributed by atoms with Gasteiger partial charge < -0.3 is 5.11 Å². The molecule has 3 heterocycles. The zero-order valence-electron chi connectivity index (χ0n) is 23.5. The van der Waals surface area contributed by atoms with E-state index in [1.807, 2.05) is 49.4 Å². The van der Waals surface area contributed by atoms with Gasteiger partial charge in [0, 0.05) is 5.75 Å². The summed E-state index contributed by atoms with van der Waals surface area (Å²) in [6, 6.07) is 21.4. The maximum Gasteiger partial charge on any atom is 0.296 e. The number of aliphatic hydroxyl groups excluding tert-OH is 1. The average molecular weight is 613 g/mol. The summed E-state index contributed by atoms with van der Waals surface area (Å²) in [7, 11) is 0. The molecule has 0 bridgehead atoms. The number of thiazole rings is 1. The van der Waals surface area contributed by atoms with Crippen LogP contribution in [0.4, 0.5) is 5.13 Å². The Kier molecular flexibility index (Phi) is 7.69. The summed E-state index contributed by atoms with van der Waals surface area (Å²) in [5.74, 6) is -0.640. The molecule has 6 rings (SSSR count). The first-order valence-electron chi connectivity index (χ1n) is 13.5. The first kappa shape index (κ1) is 28.3. The first-order valence-corrected chi connectivity index (χ1v) is 16.1. The van der Waals surface area contributed by atoms with E-state index in [-0.39, 0.29) is 5.57 Å². The first-order chi connectivity index (χ1) is 20.2. The number of aryl methyl sites for hydroxylation is 2. The van der Waals surface area contributed by atoms with E-state index in [1.54, 1.807) is 6.92 Å². The molecule has 10 heteroatoms. The van der Waals surface area contributed by atoms with Crippen molar-refractivity contribution in [2.75, 3.05) is 4.90 Å². The minimum absolute atomic E-state index is 0.0317. The molecule has 42 heavy (non-hydrogen) atoms. The van der Waals surface area contributed by atoms with E-state index in [2.05, 4.69) is 53.3 Å². The van der Waals surface area contributed by atoms with Gasteiger partial charge in [-0.3, -0.25) is 14.5 Å². The van der Waals surface area contributed by atoms with Gasteiger partial charge in [0.25, 0.3) is 5.91 Å². The van der Waals surface area contributed by atoms with Crippen molar-refractivity contribution >= 4 is 62.0 Å². The Bertz CT molecular complexity index is 1850. The lowest BCUT2D eigenvalue weighted by molar-refractivity contribution is -0.117. The number of aliphatic hydroxyl groups is 1. The number of rotatable bonds is 8. The van der Waals surface area contributed by atoms with Crippen molar-refractivity contribution in [2.24, 2.45) is 0 Å². The summed E-state index contributed by atoms with van der Waals surface area (Å²) in [6.45, 7) is 7.80. The minimum atomic E-state index is -0.850. The van der Waals surface area contributed by atoms with Gasteiger partial charge >= 0.3 is 0 Å². The number of aromatic nitrogens is 3. The molecule has 2 aromatic heterocycles. The van der Waals surface area contributed by atoms with Crippen LogP contribution in [0.15, 0.2) is 82.4 Å². The molecule has 212 valence electrons. The van der Waals surface area contributed by atoms with Crippen molar-refractivity contribution < 1.29 is 14.7 Å². The van der Waals surface area contributed by atoms with Gasteiger partial charge in [0.15, 0.2) is 10.1 Å². The van der Waals surface area contributed by atoms with Gasteiger partial charge in [0.05, 0.1) is 27.2 Å². The molecular weight excluding hydrogens is 585 g/mol. The number of fused-ring (bicyclic) bond motifs is 1. The lowest BCUT2D eigenvalue weighted by atomic mass is 9.93. The van der Waals surface area contributed by atoms with Crippen LogP contribution < -0.4 is 4.90 Å². The number of carbonyl (C=O) groups is 2. The van der Waals surface area contributed by atoms with E-state index in [9.17, 15) is 14.7 Å². The SMILES string of the molecule is Cc1nc(C)c(C(=O)C2=C(O)C(=O)N(c3nnc(SCc4cccc5ccccc45)s3)C2c2ccc(C(C)C)cc2)s1. The summed E-state index contributed by atoms with van der Waals surface area (Å²) in [4.78, 5) is 33.7. The lowest BCUT2D eigenvalue weighted by Crippen LogP contribution is -2.31. The van der Waals surface area contributed by atoms with E-state index < -0.39 is 23.5 Å². The number of Topliss-reactive ketones (excluding diaryl/α,β-unsaturated/α-hetero) is 1. The van der Waals surface area contributed by atoms with Gasteiger partial charge in [0.2, 0.25) is 10.9 Å². The zero-order valence-corrected chi connectivity index (χ0v) is 25.9. The molecule has 1 aliphatic heterocycles. The second kappa shape index (κ2) is 11.4. The highest BCUT2D eigenvalue weighted by atomic mass is 32.2. The molecule has 5 aromatic rings. The molecule has 0 radical (unpaired) electrons. The Morgan fingerprint density at radius 2 is 1.74 bits per heavy atom. The highest BCUT2D eigenvalue weighted by Gasteiger charge is 2.46. The fourth-order valence-electron chi connectivity index (χ4n) is 5.19. The average Bonchev–Trinajstić information content (AvgIpc) is 3.67. The summed E-state index contributed by atoms with van der Waals surface area (Å²) < 4.78 is 0.688. The van der Waals surface area contributed by atoms with Crippen molar-refractivity contribution in [3.63, 3.8) is 0 Å². The summed E-state index contributed by atoms with van der Waals surface area (Å²) in [5.41, 5.74) is 3.62. The number of anilines is 1. The Balaban J connectivity index is 1.35. The molecule has 7 nitrogen and oxygen atoms in total. The zero-order chi connectivity index (χ0) is 29.5. The number of amides is 1. The van der Waals surface area contributed by atoms with E-state index >= 15 is 0 Å². The fraction of sp³-hybridized carbons (Fsp3) is 0.219. The molecule has 1 atom stereocenters. The Labute approximate surface area is 256 Å². The van der Waals surface area contributed by atoms with Crippen molar-refractivity contribution in [3.8, 4) is 0 Å². The predicted octanol–water partition coefficient (Wildman–Crippen LogP) is 7.96. The van der Waals surface area contributed by atoms with Crippen molar-refractivity contribution in [1.82, 2.24) is 15.2 Å². The van der Waals surface area contributed by atoms with Crippen LogP contribution in [-0.4, -0.2) is 32.0 Å². The van der Waals surface area contributed by atoms with E-state index in [1.165, 1.54) is 55.7 Å². The second-order valence-corrected chi connectivity index (χ2v) is 13.8. The van der Waals surface area contributed by atoms with Gasteiger partial charge in [-0.1, -0.05) is 104 Å². The van der Waals surface area contributed by atoms with E-state index in [0.29, 0.717) is 37.3 Å². The van der Waals surface area contributed by atoms with Crippen LogP contribution in [0.1, 0.15) is 62.9 Å². The molecule has 1 unspecified atom stereocenters. The van der Waals surface area contributed by atoms with Crippen LogP contribution in [0, 0.1) is 13.8 Å². The molecule has 0 spiro atoms. The maximum atomic E-state index is 13.9. The predicted molar refractivity (Wildman–Crippen MR) is 170 cm³/mol. The van der Waals surface area contributed by atoms with E-state index in [0.717, 1.165) is 10.6 Å². The Morgan fingerprint density at radius 1 is 1.00 bits per heavy atom. The Morgan fingerprint density at radius 3 is 2.45 bits per heavy atom.